The molecule has 0 atom stereocenters. The molecule has 1 aromatic carbocycles. The van der Waals surface area contributed by atoms with Gasteiger partial charge in [-0.05, 0) is 24.8 Å². The minimum Gasteiger partial charge on any atom is -0.481 e. The zero-order valence-electron chi connectivity index (χ0n) is 17.2. The molecule has 2 heteroatoms. The van der Waals surface area contributed by atoms with E-state index in [1.807, 2.05) is 0 Å². The summed E-state index contributed by atoms with van der Waals surface area (Å²) in [6.45, 7) is 0. The van der Waals surface area contributed by atoms with E-state index in [0.29, 0.717) is 6.42 Å². The van der Waals surface area contributed by atoms with Crippen LogP contribution in [0.1, 0.15) is 108 Å². The summed E-state index contributed by atoms with van der Waals surface area (Å²) in [6.07, 6.45) is 24.2. The predicted octanol–water partition coefficient (Wildman–Crippen LogP) is 8.03. The van der Waals surface area contributed by atoms with Gasteiger partial charge in [0.15, 0.2) is 0 Å². The molecule has 0 fully saturated rings. The Morgan fingerprint density at radius 3 is 1.59 bits per heavy atom. The molecule has 0 aliphatic rings. The highest BCUT2D eigenvalue weighted by Crippen LogP contribution is 2.14. The third kappa shape index (κ3) is 16.3. The van der Waals surface area contributed by atoms with Gasteiger partial charge in [-0.2, -0.15) is 0 Å². The molecule has 152 valence electrons. The molecule has 0 radical (unpaired) electrons. The summed E-state index contributed by atoms with van der Waals surface area (Å²) in [5, 5.41) is 8.58. The molecule has 0 aliphatic carbocycles. The second-order valence-electron chi connectivity index (χ2n) is 7.70. The van der Waals surface area contributed by atoms with Gasteiger partial charge in [-0.25, -0.2) is 0 Å². The lowest BCUT2D eigenvalue weighted by molar-refractivity contribution is -0.137. The average Bonchev–Trinajstić information content (AvgIpc) is 2.67. The lowest BCUT2D eigenvalue weighted by Gasteiger charge is -2.03. The van der Waals surface area contributed by atoms with Crippen LogP contribution >= 0.6 is 0 Å². The van der Waals surface area contributed by atoms with Gasteiger partial charge in [0.2, 0.25) is 0 Å². The van der Waals surface area contributed by atoms with Gasteiger partial charge >= 0.3 is 5.97 Å². The molecule has 1 N–H and O–H groups in total. The molecule has 0 saturated heterocycles. The molecule has 0 bridgehead atoms. The summed E-state index contributed by atoms with van der Waals surface area (Å²) in [7, 11) is 0. The van der Waals surface area contributed by atoms with E-state index in [4.69, 9.17) is 5.11 Å². The van der Waals surface area contributed by atoms with Crippen molar-refractivity contribution in [1.29, 1.82) is 0 Å². The Hall–Kier alpha value is -1.57. The maximum absolute atomic E-state index is 10.4. The minimum absolute atomic E-state index is 0.338. The van der Waals surface area contributed by atoms with Crippen LogP contribution in [-0.4, -0.2) is 11.1 Å². The maximum atomic E-state index is 10.4. The Kier molecular flexibility index (Phi) is 15.5. The fourth-order valence-electron chi connectivity index (χ4n) is 3.44. The molecule has 27 heavy (non-hydrogen) atoms. The quantitative estimate of drug-likeness (QED) is 0.265. The summed E-state index contributed by atoms with van der Waals surface area (Å²) >= 11 is 0. The van der Waals surface area contributed by atoms with Crippen LogP contribution in [0, 0.1) is 0 Å². The van der Waals surface area contributed by atoms with E-state index in [1.54, 1.807) is 0 Å². The van der Waals surface area contributed by atoms with Crippen molar-refractivity contribution in [3.63, 3.8) is 0 Å². The topological polar surface area (TPSA) is 37.3 Å². The van der Waals surface area contributed by atoms with Crippen LogP contribution in [-0.2, 0) is 4.79 Å². The Balaban J connectivity index is 1.73. The number of rotatable bonds is 18. The third-order valence-electron chi connectivity index (χ3n) is 5.12. The highest BCUT2D eigenvalue weighted by atomic mass is 16.4. The summed E-state index contributed by atoms with van der Waals surface area (Å²) in [5.74, 6) is -0.658. The van der Waals surface area contributed by atoms with E-state index in [9.17, 15) is 4.79 Å². The second kappa shape index (κ2) is 17.8. The maximum Gasteiger partial charge on any atom is 0.303 e. The molecule has 0 heterocycles. The first-order chi connectivity index (χ1) is 13.3. The molecule has 0 spiro atoms. The summed E-state index contributed by atoms with van der Waals surface area (Å²) in [6, 6.07) is 10.5. The first-order valence-electron chi connectivity index (χ1n) is 11.2. The van der Waals surface area contributed by atoms with Crippen molar-refractivity contribution in [2.45, 2.75) is 103 Å². The van der Waals surface area contributed by atoms with Gasteiger partial charge in [0.25, 0.3) is 0 Å². The normalized spacial score (nSPS) is 11.3. The number of hydrogen-bond donors (Lipinski definition) is 1. The molecule has 0 amide bonds. The summed E-state index contributed by atoms with van der Waals surface area (Å²) in [4.78, 5) is 10.4. The molecule has 2 nitrogen and oxygen atoms in total. The Morgan fingerprint density at radius 1 is 0.667 bits per heavy atom. The summed E-state index contributed by atoms with van der Waals surface area (Å²) < 4.78 is 0. The van der Waals surface area contributed by atoms with E-state index >= 15 is 0 Å². The van der Waals surface area contributed by atoms with Crippen molar-refractivity contribution in [2.24, 2.45) is 0 Å². The zero-order chi connectivity index (χ0) is 19.4. The van der Waals surface area contributed by atoms with Crippen molar-refractivity contribution in [3.8, 4) is 0 Å². The Morgan fingerprint density at radius 2 is 1.11 bits per heavy atom. The Labute approximate surface area is 167 Å². The molecule has 0 aliphatic heterocycles. The fraction of sp³-hybridized carbons (Fsp3) is 0.640. The number of allylic oxidation sites excluding steroid dienone is 1. The molecule has 1 rings (SSSR count). The van der Waals surface area contributed by atoms with Gasteiger partial charge in [-0.1, -0.05) is 120 Å². The minimum atomic E-state index is -0.658. The van der Waals surface area contributed by atoms with Crippen molar-refractivity contribution >= 4 is 12.0 Å². The van der Waals surface area contributed by atoms with E-state index < -0.39 is 5.97 Å². The number of carboxylic acids is 1. The molecule has 1 aromatic rings. The van der Waals surface area contributed by atoms with Crippen LogP contribution in [0.5, 0.6) is 0 Å². The van der Waals surface area contributed by atoms with E-state index in [1.165, 1.54) is 89.0 Å². The van der Waals surface area contributed by atoms with Gasteiger partial charge in [0.05, 0.1) is 0 Å². The lowest BCUT2D eigenvalue weighted by atomic mass is 10.0. The van der Waals surface area contributed by atoms with Crippen LogP contribution < -0.4 is 0 Å². The monoisotopic (exact) mass is 372 g/mol. The van der Waals surface area contributed by atoms with Crippen molar-refractivity contribution < 1.29 is 9.90 Å². The standard InChI is InChI=1S/C25H40O2/c26-25(27)23-19-14-12-10-8-6-4-2-1-3-5-7-9-11-13-16-20-24-21-17-15-18-22-24/h15-18,20-22H,1-14,19,23H2,(H,26,27). The van der Waals surface area contributed by atoms with Gasteiger partial charge in [-0.3, -0.25) is 4.79 Å². The predicted molar refractivity (Wildman–Crippen MR) is 117 cm³/mol. The van der Waals surface area contributed by atoms with Gasteiger partial charge in [0.1, 0.15) is 0 Å². The highest BCUT2D eigenvalue weighted by Gasteiger charge is 1.97. The van der Waals surface area contributed by atoms with Crippen LogP contribution in [0.3, 0.4) is 0 Å². The molecular formula is C25H40O2. The SMILES string of the molecule is O=C(O)CCCCCCCCCCCCCCCCC=Cc1ccccc1. The van der Waals surface area contributed by atoms with Gasteiger partial charge in [-0.15, -0.1) is 0 Å². The Bertz CT molecular complexity index is 478. The molecule has 0 saturated carbocycles. The smallest absolute Gasteiger partial charge is 0.303 e. The number of carbonyl (C=O) groups is 1. The first-order valence-corrected chi connectivity index (χ1v) is 11.2. The fourth-order valence-corrected chi connectivity index (χ4v) is 3.44. The largest absolute Gasteiger partial charge is 0.481 e. The highest BCUT2D eigenvalue weighted by molar-refractivity contribution is 5.66. The van der Waals surface area contributed by atoms with E-state index in [0.717, 1.165) is 12.8 Å². The second-order valence-corrected chi connectivity index (χ2v) is 7.70. The number of carboxylic acid groups (broad SMARTS) is 1. The molecule has 0 unspecified atom stereocenters. The number of aliphatic carboxylic acids is 1. The van der Waals surface area contributed by atoms with Crippen LogP contribution in [0.15, 0.2) is 36.4 Å². The zero-order valence-corrected chi connectivity index (χ0v) is 17.2. The van der Waals surface area contributed by atoms with Crippen LogP contribution in [0.2, 0.25) is 0 Å². The lowest BCUT2D eigenvalue weighted by Crippen LogP contribution is -1.93. The van der Waals surface area contributed by atoms with Gasteiger partial charge in [0, 0.05) is 6.42 Å². The van der Waals surface area contributed by atoms with Crippen molar-refractivity contribution in [1.82, 2.24) is 0 Å². The molecule has 0 aromatic heterocycles. The van der Waals surface area contributed by atoms with Crippen LogP contribution in [0.25, 0.3) is 6.08 Å². The van der Waals surface area contributed by atoms with E-state index in [-0.39, 0.29) is 0 Å². The van der Waals surface area contributed by atoms with Crippen LogP contribution in [0.4, 0.5) is 0 Å². The number of benzene rings is 1. The first kappa shape index (κ1) is 23.5. The number of unbranched alkanes of at least 4 members (excludes halogenated alkanes) is 14. The van der Waals surface area contributed by atoms with Crippen molar-refractivity contribution in [2.75, 3.05) is 0 Å². The summed E-state index contributed by atoms with van der Waals surface area (Å²) in [5.41, 5.74) is 1.30. The van der Waals surface area contributed by atoms with E-state index in [2.05, 4.69) is 42.5 Å². The number of hydrogen-bond acceptors (Lipinski definition) is 1. The molecular weight excluding hydrogens is 332 g/mol. The van der Waals surface area contributed by atoms with Crippen molar-refractivity contribution in [3.05, 3.63) is 42.0 Å². The van der Waals surface area contributed by atoms with Gasteiger partial charge < -0.3 is 5.11 Å². The average molecular weight is 373 g/mol. The third-order valence-corrected chi connectivity index (χ3v) is 5.12.